The maximum atomic E-state index is 12.4. The quantitative estimate of drug-likeness (QED) is 0.657. The Morgan fingerprint density at radius 2 is 1.89 bits per heavy atom. The number of sulfonamides is 1. The predicted octanol–water partition coefficient (Wildman–Crippen LogP) is 2.23. The molecule has 0 fully saturated rings. The van der Waals surface area contributed by atoms with Crippen molar-refractivity contribution in [2.24, 2.45) is 0 Å². The molecule has 1 rings (SSSR count). The zero-order valence-electron chi connectivity index (χ0n) is 10.7. The van der Waals surface area contributed by atoms with Gasteiger partial charge in [-0.25, -0.2) is 13.1 Å². The van der Waals surface area contributed by atoms with Gasteiger partial charge < -0.3 is 10.8 Å². The Morgan fingerprint density at radius 1 is 1.37 bits per heavy atom. The number of aliphatic hydroxyl groups is 1. The van der Waals surface area contributed by atoms with Crippen molar-refractivity contribution < 1.29 is 13.5 Å². The first-order valence-electron chi connectivity index (χ1n) is 5.44. The van der Waals surface area contributed by atoms with Crippen LogP contribution in [0.1, 0.15) is 20.8 Å². The van der Waals surface area contributed by atoms with Crippen molar-refractivity contribution in [1.29, 1.82) is 0 Å². The van der Waals surface area contributed by atoms with Gasteiger partial charge in [0.1, 0.15) is 4.90 Å². The first kappa shape index (κ1) is 16.9. The molecule has 0 bridgehead atoms. The Hall–Kier alpha value is -0.150. The third kappa shape index (κ3) is 3.91. The second-order valence-corrected chi connectivity index (χ2v) is 8.20. The summed E-state index contributed by atoms with van der Waals surface area (Å²) in [5, 5.41) is 9.60. The van der Waals surface area contributed by atoms with Crippen LogP contribution in [0, 0.1) is 0 Å². The Balaban J connectivity index is 3.30. The number of anilines is 1. The van der Waals surface area contributed by atoms with Gasteiger partial charge in [0.2, 0.25) is 10.0 Å². The van der Waals surface area contributed by atoms with Gasteiger partial charge in [0.05, 0.1) is 17.3 Å². The molecule has 0 aliphatic heterocycles. The summed E-state index contributed by atoms with van der Waals surface area (Å²) >= 11 is 6.42. The normalized spacial score (nSPS) is 14.4. The van der Waals surface area contributed by atoms with Crippen LogP contribution in [0.3, 0.4) is 0 Å². The van der Waals surface area contributed by atoms with Gasteiger partial charge in [0.15, 0.2) is 0 Å². The van der Waals surface area contributed by atoms with E-state index < -0.39 is 21.7 Å². The van der Waals surface area contributed by atoms with Crippen LogP contribution >= 0.6 is 31.9 Å². The average Bonchev–Trinajstić information content (AvgIpc) is 2.12. The molecule has 5 nitrogen and oxygen atoms in total. The lowest BCUT2D eigenvalue weighted by Crippen LogP contribution is -2.50. The van der Waals surface area contributed by atoms with Crippen molar-refractivity contribution in [3.05, 3.63) is 21.1 Å². The second-order valence-electron chi connectivity index (χ2n) is 4.81. The highest BCUT2D eigenvalue weighted by Crippen LogP contribution is 2.32. The monoisotopic (exact) mass is 414 g/mol. The number of halogens is 2. The molecule has 8 heteroatoms. The van der Waals surface area contributed by atoms with Crippen LogP contribution in [-0.4, -0.2) is 25.2 Å². The number of nitrogens with two attached hydrogens (primary N) is 1. The summed E-state index contributed by atoms with van der Waals surface area (Å²) in [7, 11) is -3.84. The third-order valence-electron chi connectivity index (χ3n) is 2.75. The fourth-order valence-electron chi connectivity index (χ4n) is 1.35. The topological polar surface area (TPSA) is 92.4 Å². The molecule has 0 aliphatic rings. The van der Waals surface area contributed by atoms with E-state index in [0.717, 1.165) is 0 Å². The van der Waals surface area contributed by atoms with E-state index >= 15 is 0 Å². The zero-order chi connectivity index (χ0) is 15.0. The number of nitrogen functional groups attached to an aromatic ring is 1. The molecule has 19 heavy (non-hydrogen) atoms. The molecular formula is C11H16Br2N2O3S. The number of rotatable bonds is 4. The number of aliphatic hydroxyl groups excluding tert-OH is 1. The molecule has 0 saturated carbocycles. The lowest BCUT2D eigenvalue weighted by molar-refractivity contribution is 0.111. The van der Waals surface area contributed by atoms with E-state index in [2.05, 4.69) is 36.6 Å². The van der Waals surface area contributed by atoms with E-state index in [1.54, 1.807) is 19.9 Å². The van der Waals surface area contributed by atoms with Crippen LogP contribution in [0.15, 0.2) is 26.0 Å². The van der Waals surface area contributed by atoms with Crippen molar-refractivity contribution in [3.8, 4) is 0 Å². The summed E-state index contributed by atoms with van der Waals surface area (Å²) in [5.74, 6) is 0. The largest absolute Gasteiger partial charge is 0.398 e. The molecule has 1 aromatic rings. The van der Waals surface area contributed by atoms with Crippen molar-refractivity contribution in [3.63, 3.8) is 0 Å². The van der Waals surface area contributed by atoms with Gasteiger partial charge in [0, 0.05) is 8.95 Å². The number of benzene rings is 1. The molecule has 0 radical (unpaired) electrons. The average molecular weight is 416 g/mol. The zero-order valence-corrected chi connectivity index (χ0v) is 14.7. The third-order valence-corrected chi connectivity index (χ3v) is 5.88. The fraction of sp³-hybridized carbons (Fsp3) is 0.455. The van der Waals surface area contributed by atoms with Crippen molar-refractivity contribution in [2.75, 3.05) is 5.73 Å². The van der Waals surface area contributed by atoms with Gasteiger partial charge in [-0.3, -0.25) is 0 Å². The summed E-state index contributed by atoms with van der Waals surface area (Å²) in [4.78, 5) is -0.0376. The van der Waals surface area contributed by atoms with Crippen LogP contribution in [0.25, 0.3) is 0 Å². The van der Waals surface area contributed by atoms with Gasteiger partial charge in [0.25, 0.3) is 0 Å². The minimum absolute atomic E-state index is 0.0376. The van der Waals surface area contributed by atoms with Crippen molar-refractivity contribution in [2.45, 2.75) is 37.3 Å². The van der Waals surface area contributed by atoms with Gasteiger partial charge in [-0.05, 0) is 48.8 Å². The van der Waals surface area contributed by atoms with E-state index in [-0.39, 0.29) is 10.6 Å². The van der Waals surface area contributed by atoms with Crippen molar-refractivity contribution >= 4 is 47.6 Å². The summed E-state index contributed by atoms with van der Waals surface area (Å²) in [6.45, 7) is 4.71. The first-order valence-corrected chi connectivity index (χ1v) is 8.51. The molecule has 0 heterocycles. The van der Waals surface area contributed by atoms with Gasteiger partial charge in [-0.15, -0.1) is 0 Å². The molecule has 0 saturated heterocycles. The standard InChI is InChI=1S/C11H16Br2N2O3S/c1-6(16)11(2,3)15-19(17,18)10-8(13)4-7(12)5-9(10)14/h4-6,15-16H,14H2,1-3H3. The first-order chi connectivity index (χ1) is 8.47. The summed E-state index contributed by atoms with van der Waals surface area (Å²) in [6, 6.07) is 3.11. The molecule has 1 aromatic carbocycles. The van der Waals surface area contributed by atoms with Crippen LogP contribution in [0.4, 0.5) is 5.69 Å². The van der Waals surface area contributed by atoms with Gasteiger partial charge >= 0.3 is 0 Å². The second kappa shape index (κ2) is 5.69. The van der Waals surface area contributed by atoms with Crippen LogP contribution in [-0.2, 0) is 10.0 Å². The van der Waals surface area contributed by atoms with Crippen LogP contribution in [0.5, 0.6) is 0 Å². The molecule has 0 aromatic heterocycles. The van der Waals surface area contributed by atoms with E-state index in [1.165, 1.54) is 13.0 Å². The highest BCUT2D eigenvalue weighted by molar-refractivity contribution is 9.11. The molecule has 4 N–H and O–H groups in total. The van der Waals surface area contributed by atoms with Crippen LogP contribution in [0.2, 0.25) is 0 Å². The van der Waals surface area contributed by atoms with Gasteiger partial charge in [-0.2, -0.15) is 0 Å². The minimum atomic E-state index is -3.84. The number of nitrogens with one attached hydrogen (secondary N) is 1. The molecular weight excluding hydrogens is 400 g/mol. The minimum Gasteiger partial charge on any atom is -0.398 e. The SMILES string of the molecule is CC(O)C(C)(C)NS(=O)(=O)c1c(N)cc(Br)cc1Br. The Morgan fingerprint density at radius 3 is 2.32 bits per heavy atom. The van der Waals surface area contributed by atoms with E-state index in [1.807, 2.05) is 0 Å². The maximum Gasteiger partial charge on any atom is 0.244 e. The molecule has 0 spiro atoms. The Bertz CT molecular complexity index is 563. The fourth-order valence-corrected chi connectivity index (χ4v) is 4.89. The van der Waals surface area contributed by atoms with Crippen molar-refractivity contribution in [1.82, 2.24) is 4.72 Å². The van der Waals surface area contributed by atoms with Crippen LogP contribution < -0.4 is 10.5 Å². The van der Waals surface area contributed by atoms with E-state index in [4.69, 9.17) is 5.73 Å². The highest BCUT2D eigenvalue weighted by Gasteiger charge is 2.32. The Labute approximate surface area is 129 Å². The van der Waals surface area contributed by atoms with E-state index in [0.29, 0.717) is 8.95 Å². The highest BCUT2D eigenvalue weighted by atomic mass is 79.9. The van der Waals surface area contributed by atoms with E-state index in [9.17, 15) is 13.5 Å². The number of hydrogen-bond donors (Lipinski definition) is 3. The Kier molecular flexibility index (Phi) is 5.06. The smallest absolute Gasteiger partial charge is 0.244 e. The maximum absolute atomic E-state index is 12.4. The molecule has 108 valence electrons. The molecule has 1 atom stereocenters. The lowest BCUT2D eigenvalue weighted by atomic mass is 10.0. The van der Waals surface area contributed by atoms with Gasteiger partial charge in [-0.1, -0.05) is 15.9 Å². The molecule has 0 aliphatic carbocycles. The summed E-state index contributed by atoms with van der Waals surface area (Å²) < 4.78 is 28.2. The summed E-state index contributed by atoms with van der Waals surface area (Å²) in [6.07, 6.45) is -0.849. The molecule has 1 unspecified atom stereocenters. The lowest BCUT2D eigenvalue weighted by Gasteiger charge is -2.29. The molecule has 0 amide bonds. The number of hydrogen-bond acceptors (Lipinski definition) is 4. The summed E-state index contributed by atoms with van der Waals surface area (Å²) in [5.41, 5.74) is 4.88. The predicted molar refractivity (Wildman–Crippen MR) is 82.3 cm³/mol.